The van der Waals surface area contributed by atoms with Crippen LogP contribution in [-0.4, -0.2) is 11.0 Å². The van der Waals surface area contributed by atoms with E-state index in [1.54, 1.807) is 24.3 Å². The largest absolute Gasteiger partial charge is 0.366 e. The fraction of sp³-hybridized carbons (Fsp3) is 0. The van der Waals surface area contributed by atoms with Gasteiger partial charge in [0.25, 0.3) is 0 Å². The van der Waals surface area contributed by atoms with Crippen LogP contribution >= 0.6 is 12.2 Å². The van der Waals surface area contributed by atoms with Crippen molar-refractivity contribution < 1.29 is 4.79 Å². The van der Waals surface area contributed by atoms with Gasteiger partial charge in [0.05, 0.1) is 0 Å². The molecule has 14 heavy (non-hydrogen) atoms. The lowest BCUT2D eigenvalue weighted by atomic mass is 10.2. The van der Waals surface area contributed by atoms with Crippen molar-refractivity contribution in [2.75, 3.05) is 5.32 Å². The number of carbonyl (C=O) groups is 1. The normalized spacial score (nSPS) is 9.21. The van der Waals surface area contributed by atoms with Crippen molar-refractivity contribution in [3.63, 3.8) is 0 Å². The lowest BCUT2D eigenvalue weighted by molar-refractivity contribution is 0.100. The summed E-state index contributed by atoms with van der Waals surface area (Å²) >= 11 is 4.78. The number of nitrogens with two attached hydrogens (primary N) is 2. The molecule has 0 saturated carbocycles. The number of rotatable bonds is 2. The number of hydrazine groups is 1. The standard InChI is InChI=1S/C8H10N4OS/c9-7(13)5-1-3-6(4-2-5)11-8(14)12-10/h1-4H,10H2,(H2,9,13)(H2,11,12,14). The third-order valence-corrected chi connectivity index (χ3v) is 1.78. The predicted octanol–water partition coefficient (Wildman–Crippen LogP) is -0.0544. The molecule has 0 aliphatic carbocycles. The summed E-state index contributed by atoms with van der Waals surface area (Å²) in [6.45, 7) is 0. The van der Waals surface area contributed by atoms with Gasteiger partial charge in [-0.1, -0.05) is 0 Å². The van der Waals surface area contributed by atoms with Gasteiger partial charge >= 0.3 is 0 Å². The van der Waals surface area contributed by atoms with Crippen molar-refractivity contribution in [3.8, 4) is 0 Å². The first kappa shape index (κ1) is 10.4. The van der Waals surface area contributed by atoms with Crippen LogP contribution in [0.25, 0.3) is 0 Å². The van der Waals surface area contributed by atoms with Crippen molar-refractivity contribution in [3.05, 3.63) is 29.8 Å². The molecule has 6 heteroatoms. The second-order valence-corrected chi connectivity index (χ2v) is 2.95. The Labute approximate surface area is 86.4 Å². The van der Waals surface area contributed by atoms with E-state index in [1.165, 1.54) is 0 Å². The third kappa shape index (κ3) is 2.68. The van der Waals surface area contributed by atoms with Crippen LogP contribution in [0.3, 0.4) is 0 Å². The highest BCUT2D eigenvalue weighted by Gasteiger charge is 1.99. The summed E-state index contributed by atoms with van der Waals surface area (Å²) in [4.78, 5) is 10.7. The van der Waals surface area contributed by atoms with E-state index in [1.807, 2.05) is 0 Å². The van der Waals surface area contributed by atoms with Crippen LogP contribution in [0.2, 0.25) is 0 Å². The van der Waals surface area contributed by atoms with Crippen molar-refractivity contribution in [2.24, 2.45) is 11.6 Å². The number of primary amides is 1. The van der Waals surface area contributed by atoms with Gasteiger partial charge in [-0.25, -0.2) is 5.84 Å². The number of hydrogen-bond acceptors (Lipinski definition) is 3. The van der Waals surface area contributed by atoms with Gasteiger partial charge in [0.15, 0.2) is 5.11 Å². The molecule has 0 radical (unpaired) electrons. The fourth-order valence-corrected chi connectivity index (χ4v) is 1.00. The minimum absolute atomic E-state index is 0.303. The summed E-state index contributed by atoms with van der Waals surface area (Å²) in [5.74, 6) is 4.61. The van der Waals surface area contributed by atoms with Gasteiger partial charge in [0.1, 0.15) is 0 Å². The Kier molecular flexibility index (Phi) is 3.38. The molecule has 1 amide bonds. The molecule has 0 unspecified atom stereocenters. The van der Waals surface area contributed by atoms with E-state index in [2.05, 4.69) is 10.7 Å². The SMILES string of the molecule is NNC(=S)Nc1ccc(C(N)=O)cc1. The Morgan fingerprint density at radius 2 is 1.86 bits per heavy atom. The van der Waals surface area contributed by atoms with Crippen molar-refractivity contribution in [1.29, 1.82) is 0 Å². The van der Waals surface area contributed by atoms with Gasteiger partial charge in [0, 0.05) is 11.3 Å². The Hall–Kier alpha value is -1.66. The number of hydrogen-bond donors (Lipinski definition) is 4. The summed E-state index contributed by atoms with van der Waals surface area (Å²) in [7, 11) is 0. The molecule has 1 rings (SSSR count). The van der Waals surface area contributed by atoms with Crippen LogP contribution in [0.15, 0.2) is 24.3 Å². The first-order valence-corrected chi connectivity index (χ1v) is 4.22. The van der Waals surface area contributed by atoms with E-state index < -0.39 is 5.91 Å². The number of benzene rings is 1. The molecular weight excluding hydrogens is 200 g/mol. The zero-order valence-corrected chi connectivity index (χ0v) is 8.10. The molecule has 0 aliphatic rings. The Bertz CT molecular complexity index is 349. The smallest absolute Gasteiger partial charge is 0.248 e. The molecule has 0 fully saturated rings. The van der Waals surface area contributed by atoms with Crippen LogP contribution < -0.4 is 22.3 Å². The lowest BCUT2D eigenvalue weighted by Gasteiger charge is -2.06. The van der Waals surface area contributed by atoms with E-state index in [9.17, 15) is 4.79 Å². The molecule has 1 aromatic rings. The zero-order valence-electron chi connectivity index (χ0n) is 7.28. The Balaban J connectivity index is 2.73. The van der Waals surface area contributed by atoms with Gasteiger partial charge in [-0.05, 0) is 36.5 Å². The van der Waals surface area contributed by atoms with Crippen LogP contribution in [0.5, 0.6) is 0 Å². The van der Waals surface area contributed by atoms with Crippen LogP contribution in [0.4, 0.5) is 5.69 Å². The lowest BCUT2D eigenvalue weighted by Crippen LogP contribution is -2.34. The van der Waals surface area contributed by atoms with E-state index in [4.69, 9.17) is 23.8 Å². The summed E-state index contributed by atoms with van der Waals surface area (Å²) < 4.78 is 0. The van der Waals surface area contributed by atoms with Crippen molar-refractivity contribution >= 4 is 28.9 Å². The molecule has 1 aromatic carbocycles. The highest BCUT2D eigenvalue weighted by Crippen LogP contribution is 2.08. The maximum Gasteiger partial charge on any atom is 0.248 e. The number of anilines is 1. The van der Waals surface area contributed by atoms with Gasteiger partial charge in [0.2, 0.25) is 5.91 Å². The molecule has 0 bridgehead atoms. The van der Waals surface area contributed by atoms with E-state index in [0.29, 0.717) is 10.7 Å². The minimum Gasteiger partial charge on any atom is -0.366 e. The molecule has 6 N–H and O–H groups in total. The van der Waals surface area contributed by atoms with E-state index in [0.717, 1.165) is 5.69 Å². The van der Waals surface area contributed by atoms with Crippen molar-refractivity contribution in [2.45, 2.75) is 0 Å². The monoisotopic (exact) mass is 210 g/mol. The molecule has 74 valence electrons. The van der Waals surface area contributed by atoms with Crippen molar-refractivity contribution in [1.82, 2.24) is 5.43 Å². The third-order valence-electron chi connectivity index (χ3n) is 1.56. The van der Waals surface area contributed by atoms with Crippen LogP contribution in [-0.2, 0) is 0 Å². The highest BCUT2D eigenvalue weighted by atomic mass is 32.1. The van der Waals surface area contributed by atoms with Gasteiger partial charge in [-0.15, -0.1) is 0 Å². The second-order valence-electron chi connectivity index (χ2n) is 2.54. The maximum atomic E-state index is 10.7. The molecular formula is C8H10N4OS. The second kappa shape index (κ2) is 4.54. The molecule has 0 atom stereocenters. The maximum absolute atomic E-state index is 10.7. The summed E-state index contributed by atoms with van der Waals surface area (Å²) in [5, 5.41) is 3.10. The van der Waals surface area contributed by atoms with Crippen LogP contribution in [0.1, 0.15) is 10.4 Å². The van der Waals surface area contributed by atoms with Gasteiger partial charge < -0.3 is 16.5 Å². The number of nitrogens with one attached hydrogen (secondary N) is 2. The highest BCUT2D eigenvalue weighted by molar-refractivity contribution is 7.80. The summed E-state index contributed by atoms with van der Waals surface area (Å²) in [6.07, 6.45) is 0. The van der Waals surface area contributed by atoms with Gasteiger partial charge in [-0.3, -0.25) is 4.79 Å². The van der Waals surface area contributed by atoms with Crippen LogP contribution in [0, 0.1) is 0 Å². The average molecular weight is 210 g/mol. The predicted molar refractivity (Wildman–Crippen MR) is 58.5 cm³/mol. The quantitative estimate of drug-likeness (QED) is 0.312. The molecule has 0 aliphatic heterocycles. The minimum atomic E-state index is -0.462. The molecule has 0 spiro atoms. The Morgan fingerprint density at radius 1 is 1.29 bits per heavy atom. The topological polar surface area (TPSA) is 93.2 Å². The Morgan fingerprint density at radius 3 is 2.29 bits per heavy atom. The molecule has 0 aromatic heterocycles. The number of amides is 1. The average Bonchev–Trinajstić information content (AvgIpc) is 2.18. The molecule has 0 saturated heterocycles. The van der Waals surface area contributed by atoms with E-state index >= 15 is 0 Å². The number of carbonyl (C=O) groups excluding carboxylic acids is 1. The first-order chi connectivity index (χ1) is 6.63. The first-order valence-electron chi connectivity index (χ1n) is 3.81. The number of thiocarbonyl (C=S) groups is 1. The molecule has 0 heterocycles. The molecule has 5 nitrogen and oxygen atoms in total. The zero-order chi connectivity index (χ0) is 10.6. The van der Waals surface area contributed by atoms with Gasteiger partial charge in [-0.2, -0.15) is 0 Å². The summed E-state index contributed by atoms with van der Waals surface area (Å²) in [6, 6.07) is 6.57. The summed E-state index contributed by atoms with van der Waals surface area (Å²) in [5.41, 5.74) is 8.53. The van der Waals surface area contributed by atoms with E-state index in [-0.39, 0.29) is 0 Å². The fourth-order valence-electron chi connectivity index (χ4n) is 0.885.